The van der Waals surface area contributed by atoms with E-state index in [0.717, 1.165) is 16.8 Å². The van der Waals surface area contributed by atoms with Crippen LogP contribution in [0.1, 0.15) is 31.2 Å². The zero-order valence-corrected chi connectivity index (χ0v) is 26.6. The molecule has 0 amide bonds. The van der Waals surface area contributed by atoms with Gasteiger partial charge in [-0.15, -0.1) is 0 Å². The van der Waals surface area contributed by atoms with Gasteiger partial charge >= 0.3 is 25.3 Å². The van der Waals surface area contributed by atoms with Gasteiger partial charge in [0.05, 0.1) is 6.61 Å². The minimum absolute atomic E-state index is 0.101. The topological polar surface area (TPSA) is 256 Å². The van der Waals surface area contributed by atoms with Crippen LogP contribution in [0, 0.1) is 0 Å². The second-order valence-corrected chi connectivity index (χ2v) is 12.6. The van der Waals surface area contributed by atoms with Gasteiger partial charge in [-0.05, 0) is 30.5 Å². The summed E-state index contributed by atoms with van der Waals surface area (Å²) in [5.74, 6) is -1.70. The third kappa shape index (κ3) is 9.03. The fourth-order valence-electron chi connectivity index (χ4n) is 4.54. The lowest BCUT2D eigenvalue weighted by molar-refractivity contribution is -0.147. The summed E-state index contributed by atoms with van der Waals surface area (Å²) >= 11 is 0. The SMILES string of the molecule is C[C@H](NP(=O)(N[C@@H](C)C(=O)OCc1ccccc1)OC[C@@]1(N=[N+]=[N-])O[C@@H](n2ccc(=O)[nH]c2=O)[C@H](O)[C@@H]1O)C(=O)OCc1ccccc1. The van der Waals surface area contributed by atoms with Gasteiger partial charge in [-0.2, -0.15) is 0 Å². The minimum Gasteiger partial charge on any atom is -0.460 e. The number of H-pyrrole nitrogens is 1. The summed E-state index contributed by atoms with van der Waals surface area (Å²) in [6.07, 6.45) is -4.69. The first kappa shape index (κ1) is 36.2. The number of ether oxygens (including phenoxy) is 3. The Kier molecular flexibility index (Phi) is 12.0. The number of nitrogens with one attached hydrogen (secondary N) is 3. The molecule has 1 saturated heterocycles. The van der Waals surface area contributed by atoms with Gasteiger partial charge in [-0.1, -0.05) is 65.8 Å². The van der Waals surface area contributed by atoms with E-state index in [2.05, 4.69) is 20.2 Å². The molecule has 5 N–H and O–H groups in total. The van der Waals surface area contributed by atoms with Crippen molar-refractivity contribution in [2.75, 3.05) is 6.61 Å². The highest BCUT2D eigenvalue weighted by Crippen LogP contribution is 2.45. The first-order chi connectivity index (χ1) is 22.9. The molecule has 0 unspecified atom stereocenters. The lowest BCUT2D eigenvalue weighted by atomic mass is 10.1. The number of carbonyl (C=O) groups excluding carboxylic acids is 2. The smallest absolute Gasteiger partial charge is 0.342 e. The number of azide groups is 1. The van der Waals surface area contributed by atoms with E-state index < -0.39 is 73.7 Å². The van der Waals surface area contributed by atoms with Crippen molar-refractivity contribution in [1.82, 2.24) is 19.7 Å². The molecular formula is C29H34N7O11P. The standard InChI is InChI=1S/C29H34N7O11P/c1-18(26(40)44-15-20-9-5-3-6-10-20)32-48(43,33-19(2)27(41)45-16-21-11-7-4-8-12-21)46-17-29(34-35-30)24(39)23(38)25(47-29)36-14-13-22(37)31-28(36)42/h3-14,18-19,23-25,38-39H,15-17H2,1-2H3,(H,31,37,42)(H2,32,33,43)/t18-,19-,23+,24-,25+,29+/m0/s1. The van der Waals surface area contributed by atoms with Crippen LogP contribution < -0.4 is 21.4 Å². The number of carbonyl (C=O) groups is 2. The molecule has 1 fully saturated rings. The second-order valence-electron chi connectivity index (χ2n) is 10.7. The van der Waals surface area contributed by atoms with Gasteiger partial charge in [0, 0.05) is 17.2 Å². The number of nitrogens with zero attached hydrogens (tertiary/aromatic N) is 4. The van der Waals surface area contributed by atoms with E-state index in [1.165, 1.54) is 13.8 Å². The highest BCUT2D eigenvalue weighted by molar-refractivity contribution is 7.54. The quantitative estimate of drug-likeness (QED) is 0.0498. The number of aliphatic hydroxyl groups excluding tert-OH is 2. The van der Waals surface area contributed by atoms with E-state index in [9.17, 15) is 39.5 Å². The number of hydrogen-bond acceptors (Lipinski definition) is 12. The molecule has 1 aliphatic rings. The van der Waals surface area contributed by atoms with Gasteiger partial charge < -0.3 is 28.9 Å². The van der Waals surface area contributed by atoms with Crippen LogP contribution in [0.4, 0.5) is 0 Å². The predicted octanol–water partition coefficient (Wildman–Crippen LogP) is 1.36. The number of benzene rings is 2. The van der Waals surface area contributed by atoms with Crippen molar-refractivity contribution >= 4 is 19.6 Å². The lowest BCUT2D eigenvalue weighted by Crippen LogP contribution is -2.47. The summed E-state index contributed by atoms with van der Waals surface area (Å²) in [7, 11) is -4.58. The highest BCUT2D eigenvalue weighted by Gasteiger charge is 2.56. The van der Waals surface area contributed by atoms with Gasteiger partial charge in [0.15, 0.2) is 6.23 Å². The lowest BCUT2D eigenvalue weighted by Gasteiger charge is -2.31. The Hall–Kier alpha value is -4.64. The van der Waals surface area contributed by atoms with Crippen LogP contribution in [0.2, 0.25) is 0 Å². The van der Waals surface area contributed by atoms with E-state index in [1.807, 2.05) is 4.98 Å². The fraction of sp³-hybridized carbons (Fsp3) is 0.379. The Morgan fingerprint density at radius 2 is 1.52 bits per heavy atom. The molecule has 0 bridgehead atoms. The van der Waals surface area contributed by atoms with Crippen LogP contribution in [0.25, 0.3) is 10.4 Å². The summed E-state index contributed by atoms with van der Waals surface area (Å²) in [5.41, 5.74) is 6.41. The van der Waals surface area contributed by atoms with Crippen molar-refractivity contribution in [3.05, 3.63) is 115 Å². The molecule has 3 aromatic rings. The molecule has 48 heavy (non-hydrogen) atoms. The van der Waals surface area contributed by atoms with Crippen LogP contribution >= 0.6 is 7.67 Å². The molecular weight excluding hydrogens is 653 g/mol. The van der Waals surface area contributed by atoms with Gasteiger partial charge in [-0.3, -0.25) is 28.5 Å². The number of esters is 2. The monoisotopic (exact) mass is 687 g/mol. The molecule has 0 spiro atoms. The first-order valence-electron chi connectivity index (χ1n) is 14.5. The summed E-state index contributed by atoms with van der Waals surface area (Å²) in [6, 6.07) is 15.8. The van der Waals surface area contributed by atoms with Crippen LogP contribution in [0.3, 0.4) is 0 Å². The summed E-state index contributed by atoms with van der Waals surface area (Å²) in [6.45, 7) is 1.39. The zero-order chi connectivity index (χ0) is 34.9. The molecule has 19 heteroatoms. The predicted molar refractivity (Wildman–Crippen MR) is 167 cm³/mol. The number of aromatic amines is 1. The molecule has 2 aromatic carbocycles. The van der Waals surface area contributed by atoms with Gasteiger partial charge in [0.25, 0.3) is 5.56 Å². The number of aromatic nitrogens is 2. The molecule has 0 saturated carbocycles. The highest BCUT2D eigenvalue weighted by atomic mass is 31.2. The molecule has 18 nitrogen and oxygen atoms in total. The maximum absolute atomic E-state index is 14.2. The van der Waals surface area contributed by atoms with Gasteiger partial charge in [0.2, 0.25) is 5.72 Å². The zero-order valence-electron chi connectivity index (χ0n) is 25.7. The second kappa shape index (κ2) is 16.0. The first-order valence-corrected chi connectivity index (χ1v) is 16.1. The Balaban J connectivity index is 1.54. The average molecular weight is 688 g/mol. The maximum Gasteiger partial charge on any atom is 0.342 e. The van der Waals surface area contributed by atoms with Crippen LogP contribution in [-0.4, -0.2) is 68.3 Å². The van der Waals surface area contributed by atoms with E-state index in [0.29, 0.717) is 11.1 Å². The molecule has 4 rings (SSSR count). The number of rotatable bonds is 15. The summed E-state index contributed by atoms with van der Waals surface area (Å²) < 4.78 is 36.8. The maximum atomic E-state index is 14.2. The molecule has 6 atom stereocenters. The Morgan fingerprint density at radius 1 is 1.00 bits per heavy atom. The van der Waals surface area contributed by atoms with Gasteiger partial charge in [0.1, 0.15) is 37.5 Å². The van der Waals surface area contributed by atoms with Crippen molar-refractivity contribution in [3.63, 3.8) is 0 Å². The van der Waals surface area contributed by atoms with Gasteiger partial charge in [-0.25, -0.2) is 15.0 Å². The third-order valence-electron chi connectivity index (χ3n) is 7.08. The molecule has 256 valence electrons. The Bertz CT molecular complexity index is 1720. The van der Waals surface area contributed by atoms with Crippen molar-refractivity contribution < 1.29 is 43.1 Å². The molecule has 2 heterocycles. The Morgan fingerprint density at radius 3 is 2.00 bits per heavy atom. The van der Waals surface area contributed by atoms with Crippen molar-refractivity contribution in [2.45, 2.75) is 63.3 Å². The van der Waals surface area contributed by atoms with Crippen molar-refractivity contribution in [3.8, 4) is 0 Å². The normalized spacial score (nSPS) is 21.9. The third-order valence-corrected chi connectivity index (χ3v) is 9.02. The van der Waals surface area contributed by atoms with Crippen molar-refractivity contribution in [1.29, 1.82) is 0 Å². The van der Waals surface area contributed by atoms with Crippen LogP contribution in [0.5, 0.6) is 0 Å². The van der Waals surface area contributed by atoms with E-state index in [-0.39, 0.29) is 13.2 Å². The summed E-state index contributed by atoms with van der Waals surface area (Å²) in [4.78, 5) is 54.2. The molecule has 0 aliphatic carbocycles. The molecule has 1 aliphatic heterocycles. The van der Waals surface area contributed by atoms with Crippen molar-refractivity contribution in [2.24, 2.45) is 5.11 Å². The van der Waals surface area contributed by atoms with E-state index in [4.69, 9.17) is 18.7 Å². The Labute approximate surface area is 272 Å². The number of aliphatic hydroxyl groups is 2. The van der Waals surface area contributed by atoms with Crippen LogP contribution in [0.15, 0.2) is 87.6 Å². The van der Waals surface area contributed by atoms with Crippen LogP contribution in [-0.2, 0) is 46.1 Å². The average Bonchev–Trinajstić information content (AvgIpc) is 3.31. The van der Waals surface area contributed by atoms with E-state index in [1.54, 1.807) is 60.7 Å². The van der Waals surface area contributed by atoms with E-state index >= 15 is 0 Å². The minimum atomic E-state index is -4.58. The molecule has 0 radical (unpaired) electrons. The largest absolute Gasteiger partial charge is 0.460 e. The summed E-state index contributed by atoms with van der Waals surface area (Å²) in [5, 5.41) is 30.1. The molecule has 1 aromatic heterocycles. The number of hydrogen-bond donors (Lipinski definition) is 5. The fourth-order valence-corrected chi connectivity index (χ4v) is 6.37.